The molecule has 1 saturated heterocycles. The van der Waals surface area contributed by atoms with Crippen LogP contribution in [0.3, 0.4) is 0 Å². The van der Waals surface area contributed by atoms with Crippen molar-refractivity contribution in [3.63, 3.8) is 0 Å². The fourth-order valence-electron chi connectivity index (χ4n) is 4.61. The lowest BCUT2D eigenvalue weighted by atomic mass is 10.1. The average Bonchev–Trinajstić information content (AvgIpc) is 3.00. The average molecular weight is 635 g/mol. The zero-order chi connectivity index (χ0) is 31.8. The van der Waals surface area contributed by atoms with Crippen LogP contribution in [0.15, 0.2) is 0 Å². The molecule has 12 nitrogen and oxygen atoms in total. The summed E-state index contributed by atoms with van der Waals surface area (Å²) in [6.07, 6.45) is 11.5. The van der Waals surface area contributed by atoms with Crippen molar-refractivity contribution in [2.75, 3.05) is 125 Å². The Balaban J connectivity index is 2.43. The van der Waals surface area contributed by atoms with Gasteiger partial charge in [0.1, 0.15) is 0 Å². The number of carboxylic acid groups (broad SMARTS) is 1. The van der Waals surface area contributed by atoms with E-state index in [2.05, 4.69) is 6.92 Å². The summed E-state index contributed by atoms with van der Waals surface area (Å²) in [5.41, 5.74) is 0. The Kier molecular flexibility index (Phi) is 29.2. The van der Waals surface area contributed by atoms with Gasteiger partial charge in [-0.05, 0) is 6.42 Å². The highest BCUT2D eigenvalue weighted by atomic mass is 16.6. The minimum atomic E-state index is -0.889. The van der Waals surface area contributed by atoms with E-state index < -0.39 is 5.97 Å². The van der Waals surface area contributed by atoms with Gasteiger partial charge in [0.05, 0.1) is 99.0 Å². The molecule has 0 aromatic rings. The van der Waals surface area contributed by atoms with Crippen molar-refractivity contribution in [1.82, 2.24) is 9.80 Å². The third-order valence-electron chi connectivity index (χ3n) is 7.18. The number of ether oxygens (including phenoxy) is 7. The van der Waals surface area contributed by atoms with Crippen molar-refractivity contribution in [2.24, 2.45) is 0 Å². The van der Waals surface area contributed by atoms with Crippen LogP contribution in [0, 0.1) is 0 Å². The Morgan fingerprint density at radius 2 is 0.841 bits per heavy atom. The van der Waals surface area contributed by atoms with Crippen molar-refractivity contribution in [1.29, 1.82) is 0 Å². The third kappa shape index (κ3) is 27.0. The normalized spacial score (nSPS) is 19.7. The van der Waals surface area contributed by atoms with E-state index in [0.717, 1.165) is 12.8 Å². The smallest absolute Gasteiger partial charge is 0.317 e. The molecule has 1 aliphatic rings. The van der Waals surface area contributed by atoms with Crippen LogP contribution in [0.5, 0.6) is 0 Å². The maximum absolute atomic E-state index is 13.0. The molecular weight excluding hydrogens is 572 g/mol. The number of hydrogen-bond acceptors (Lipinski definition) is 10. The summed E-state index contributed by atoms with van der Waals surface area (Å²) in [6, 6.07) is 0. The molecule has 1 rings (SSSR count). The Labute approximate surface area is 265 Å². The van der Waals surface area contributed by atoms with Gasteiger partial charge in [0.2, 0.25) is 5.91 Å². The van der Waals surface area contributed by atoms with Crippen LogP contribution in [0.25, 0.3) is 0 Å². The van der Waals surface area contributed by atoms with E-state index in [9.17, 15) is 14.7 Å². The second-order valence-corrected chi connectivity index (χ2v) is 10.9. The van der Waals surface area contributed by atoms with Crippen molar-refractivity contribution in [3.8, 4) is 0 Å². The van der Waals surface area contributed by atoms with Crippen molar-refractivity contribution in [3.05, 3.63) is 0 Å². The maximum Gasteiger partial charge on any atom is 0.317 e. The molecule has 0 aliphatic carbocycles. The fourth-order valence-corrected chi connectivity index (χ4v) is 4.61. The molecule has 0 unspecified atom stereocenters. The molecule has 0 spiro atoms. The number of unbranched alkanes of at least 4 members (excludes halogenated alkanes) is 8. The van der Waals surface area contributed by atoms with E-state index in [1.165, 1.54) is 44.9 Å². The SMILES string of the molecule is CCCCCCCCCCCC(=O)N1CCOCCOCCOCCOCCOCCN(CC(=O)O)CCOCCOCC1. The topological polar surface area (TPSA) is 125 Å². The number of rotatable bonds is 12. The molecule has 1 aliphatic heterocycles. The Morgan fingerprint density at radius 3 is 1.23 bits per heavy atom. The predicted octanol–water partition coefficient (Wildman–Crippen LogP) is 3.25. The number of aliphatic carboxylic acids is 1. The Bertz CT molecular complexity index is 659. The molecule has 1 heterocycles. The lowest BCUT2D eigenvalue weighted by molar-refractivity contribution is -0.138. The van der Waals surface area contributed by atoms with Crippen LogP contribution >= 0.6 is 0 Å². The van der Waals surface area contributed by atoms with Gasteiger partial charge in [-0.25, -0.2) is 0 Å². The summed E-state index contributed by atoms with van der Waals surface area (Å²) < 4.78 is 39.3. The van der Waals surface area contributed by atoms with Crippen molar-refractivity contribution < 1.29 is 47.9 Å². The van der Waals surface area contributed by atoms with E-state index in [0.29, 0.717) is 125 Å². The molecule has 0 radical (unpaired) electrons. The summed E-state index contributed by atoms with van der Waals surface area (Å²) in [5.74, 6) is -0.750. The monoisotopic (exact) mass is 634 g/mol. The van der Waals surface area contributed by atoms with Crippen LogP contribution in [0.2, 0.25) is 0 Å². The molecule has 0 bridgehead atoms. The molecular formula is C32H62N2O10. The molecule has 0 saturated carbocycles. The highest BCUT2D eigenvalue weighted by molar-refractivity contribution is 5.76. The number of hydrogen-bond donors (Lipinski definition) is 1. The van der Waals surface area contributed by atoms with Crippen LogP contribution < -0.4 is 0 Å². The zero-order valence-corrected chi connectivity index (χ0v) is 27.5. The second kappa shape index (κ2) is 31.6. The summed E-state index contributed by atoms with van der Waals surface area (Å²) in [4.78, 5) is 27.8. The van der Waals surface area contributed by atoms with Crippen molar-refractivity contribution >= 4 is 11.9 Å². The summed E-state index contributed by atoms with van der Waals surface area (Å²) >= 11 is 0. The first kappa shape index (κ1) is 40.6. The fraction of sp³-hybridized carbons (Fsp3) is 0.938. The van der Waals surface area contributed by atoms with Gasteiger partial charge in [-0.15, -0.1) is 0 Å². The van der Waals surface area contributed by atoms with E-state index in [4.69, 9.17) is 33.2 Å². The van der Waals surface area contributed by atoms with E-state index >= 15 is 0 Å². The first-order valence-electron chi connectivity index (χ1n) is 16.9. The van der Waals surface area contributed by atoms with Gasteiger partial charge in [0.15, 0.2) is 0 Å². The van der Waals surface area contributed by atoms with E-state index in [1.54, 1.807) is 4.90 Å². The van der Waals surface area contributed by atoms with E-state index in [-0.39, 0.29) is 12.5 Å². The quantitative estimate of drug-likeness (QED) is 0.318. The summed E-state index contributed by atoms with van der Waals surface area (Å²) in [5, 5.41) is 9.20. The Hall–Kier alpha value is -1.38. The summed E-state index contributed by atoms with van der Waals surface area (Å²) in [7, 11) is 0. The minimum absolute atomic E-state index is 0.0760. The molecule has 12 heteroatoms. The lowest BCUT2D eigenvalue weighted by Crippen LogP contribution is -2.37. The highest BCUT2D eigenvalue weighted by Crippen LogP contribution is 2.11. The van der Waals surface area contributed by atoms with Gasteiger partial charge in [0.25, 0.3) is 0 Å². The second-order valence-electron chi connectivity index (χ2n) is 10.9. The molecule has 1 N–H and O–H groups in total. The van der Waals surface area contributed by atoms with Gasteiger partial charge in [-0.1, -0.05) is 58.3 Å². The van der Waals surface area contributed by atoms with Crippen LogP contribution in [-0.4, -0.2) is 152 Å². The molecule has 44 heavy (non-hydrogen) atoms. The van der Waals surface area contributed by atoms with Gasteiger partial charge >= 0.3 is 5.97 Å². The molecule has 1 amide bonds. The molecule has 0 aromatic carbocycles. The summed E-state index contributed by atoms with van der Waals surface area (Å²) in [6.45, 7) is 10.3. The standard InChI is InChI=1S/C32H62N2O10/c1-2-3-4-5-6-7-8-9-10-11-31(35)34-14-18-40-21-20-38-16-12-33(30-32(36)37)13-17-39-22-24-42-26-28-44-29-27-43-25-23-41-19-15-34/h2-30H2,1H3,(H,36,37). The van der Waals surface area contributed by atoms with Crippen LogP contribution in [-0.2, 0) is 42.7 Å². The van der Waals surface area contributed by atoms with Gasteiger partial charge in [-0.2, -0.15) is 0 Å². The zero-order valence-electron chi connectivity index (χ0n) is 27.5. The first-order chi connectivity index (χ1) is 21.6. The number of carboxylic acids is 1. The molecule has 0 aromatic heterocycles. The highest BCUT2D eigenvalue weighted by Gasteiger charge is 2.13. The largest absolute Gasteiger partial charge is 0.480 e. The number of carbonyl (C=O) groups is 2. The third-order valence-corrected chi connectivity index (χ3v) is 7.18. The van der Waals surface area contributed by atoms with E-state index in [1.807, 2.05) is 4.90 Å². The van der Waals surface area contributed by atoms with Crippen LogP contribution in [0.4, 0.5) is 0 Å². The number of nitrogens with zero attached hydrogens (tertiary/aromatic N) is 2. The predicted molar refractivity (Wildman–Crippen MR) is 168 cm³/mol. The van der Waals surface area contributed by atoms with Gasteiger partial charge < -0.3 is 43.2 Å². The molecule has 0 atom stereocenters. The van der Waals surface area contributed by atoms with Crippen molar-refractivity contribution in [2.45, 2.75) is 71.1 Å². The minimum Gasteiger partial charge on any atom is -0.480 e. The van der Waals surface area contributed by atoms with Crippen LogP contribution in [0.1, 0.15) is 71.1 Å². The van der Waals surface area contributed by atoms with Gasteiger partial charge in [0, 0.05) is 32.6 Å². The Morgan fingerprint density at radius 1 is 0.500 bits per heavy atom. The molecule has 260 valence electrons. The number of carbonyl (C=O) groups excluding carboxylic acids is 1. The first-order valence-corrected chi connectivity index (χ1v) is 16.9. The molecule has 1 fully saturated rings. The lowest BCUT2D eigenvalue weighted by Gasteiger charge is -2.23. The number of amides is 1. The van der Waals surface area contributed by atoms with Gasteiger partial charge in [-0.3, -0.25) is 14.5 Å². The maximum atomic E-state index is 13.0.